The predicted molar refractivity (Wildman–Crippen MR) is 78.0 cm³/mol. The van der Waals surface area contributed by atoms with Crippen LogP contribution in [0.4, 0.5) is 4.79 Å². The first-order chi connectivity index (χ1) is 9.08. The van der Waals surface area contributed by atoms with E-state index in [1.165, 1.54) is 0 Å². The Morgan fingerprint density at radius 2 is 2.05 bits per heavy atom. The normalized spacial score (nSPS) is 10.6. The molecule has 0 aliphatic heterocycles. The Kier molecular flexibility index (Phi) is 6.67. The fraction of sp³-hybridized carbons (Fsp3) is 0.500. The average Bonchev–Trinajstić information content (AvgIpc) is 2.39. The summed E-state index contributed by atoms with van der Waals surface area (Å²) in [5.41, 5.74) is 0.839. The number of halogens is 1. The van der Waals surface area contributed by atoms with Gasteiger partial charge in [-0.3, -0.25) is 0 Å². The zero-order valence-corrected chi connectivity index (χ0v) is 12.5. The molecule has 0 fully saturated rings. The molecule has 4 nitrogen and oxygen atoms in total. The molecule has 0 unspecified atom stereocenters. The molecule has 5 heteroatoms. The highest BCUT2D eigenvalue weighted by molar-refractivity contribution is 6.32. The lowest BCUT2D eigenvalue weighted by molar-refractivity contribution is 0.197. The number of nitrogens with zero attached hydrogens (tertiary/aromatic N) is 1. The Morgan fingerprint density at radius 3 is 2.63 bits per heavy atom. The zero-order valence-electron chi connectivity index (χ0n) is 11.7. The summed E-state index contributed by atoms with van der Waals surface area (Å²) < 4.78 is 5.22. The second-order valence-corrected chi connectivity index (χ2v) is 4.64. The highest BCUT2D eigenvalue weighted by Gasteiger charge is 2.10. The molecule has 0 spiro atoms. The first-order valence-electron chi connectivity index (χ1n) is 6.51. The molecule has 1 aromatic rings. The van der Waals surface area contributed by atoms with Crippen molar-refractivity contribution < 1.29 is 9.53 Å². The first kappa shape index (κ1) is 15.8. The number of rotatable bonds is 6. The number of aryl methyl sites for hydroxylation is 1. The molecule has 0 radical (unpaired) electrons. The summed E-state index contributed by atoms with van der Waals surface area (Å²) in [7, 11) is 0. The summed E-state index contributed by atoms with van der Waals surface area (Å²) >= 11 is 5.99. The molecule has 0 bridgehead atoms. The van der Waals surface area contributed by atoms with Crippen LogP contribution in [0.3, 0.4) is 0 Å². The molecule has 0 atom stereocenters. The van der Waals surface area contributed by atoms with Gasteiger partial charge in [-0.15, -0.1) is 0 Å². The molecular formula is C14H21ClN2O2. The lowest BCUT2D eigenvalue weighted by Crippen LogP contribution is -2.36. The summed E-state index contributed by atoms with van der Waals surface area (Å²) in [5, 5.41) is 3.17. The number of hydrogen-bond acceptors (Lipinski definition) is 3. The predicted octanol–water partition coefficient (Wildman–Crippen LogP) is 3.08. The second-order valence-electron chi connectivity index (χ2n) is 4.23. The van der Waals surface area contributed by atoms with Gasteiger partial charge >= 0.3 is 6.09 Å². The van der Waals surface area contributed by atoms with Gasteiger partial charge in [0.2, 0.25) is 0 Å². The number of benzene rings is 1. The van der Waals surface area contributed by atoms with E-state index >= 15 is 0 Å². The molecule has 19 heavy (non-hydrogen) atoms. The molecule has 0 saturated heterocycles. The van der Waals surface area contributed by atoms with E-state index in [9.17, 15) is 4.79 Å². The van der Waals surface area contributed by atoms with Crippen molar-refractivity contribution >= 4 is 17.7 Å². The van der Waals surface area contributed by atoms with Crippen molar-refractivity contribution in [3.63, 3.8) is 0 Å². The van der Waals surface area contributed by atoms with E-state index in [0.717, 1.165) is 25.2 Å². The van der Waals surface area contributed by atoms with Gasteiger partial charge in [0.15, 0.2) is 5.75 Å². The molecule has 0 aliphatic carbocycles. The molecule has 1 rings (SSSR count). The van der Waals surface area contributed by atoms with Gasteiger partial charge in [-0.2, -0.15) is 0 Å². The monoisotopic (exact) mass is 284 g/mol. The van der Waals surface area contributed by atoms with Crippen LogP contribution >= 0.6 is 11.6 Å². The van der Waals surface area contributed by atoms with Crippen LogP contribution < -0.4 is 10.1 Å². The van der Waals surface area contributed by atoms with E-state index in [0.29, 0.717) is 17.3 Å². The van der Waals surface area contributed by atoms with Gasteiger partial charge in [0.1, 0.15) is 0 Å². The van der Waals surface area contributed by atoms with Crippen molar-refractivity contribution in [2.24, 2.45) is 0 Å². The lowest BCUT2D eigenvalue weighted by atomic mass is 10.2. The van der Waals surface area contributed by atoms with Crippen molar-refractivity contribution in [3.8, 4) is 5.75 Å². The Balaban J connectivity index is 2.43. The number of carbonyl (C=O) groups excluding carboxylic acids is 1. The highest BCUT2D eigenvalue weighted by Crippen LogP contribution is 2.27. The van der Waals surface area contributed by atoms with Crippen molar-refractivity contribution in [2.75, 3.05) is 26.2 Å². The largest absolute Gasteiger partial charge is 0.412 e. The van der Waals surface area contributed by atoms with Gasteiger partial charge in [-0.25, -0.2) is 4.79 Å². The number of nitrogens with one attached hydrogen (secondary N) is 1. The fourth-order valence-electron chi connectivity index (χ4n) is 1.73. The summed E-state index contributed by atoms with van der Waals surface area (Å²) in [6, 6.07) is 5.38. The minimum absolute atomic E-state index is 0.421. The maximum absolute atomic E-state index is 11.7. The smallest absolute Gasteiger partial charge is 0.408 e. The second kappa shape index (κ2) is 8.02. The standard InChI is InChI=1S/C14H21ClN2O2/c1-4-17(5-2)10-9-16-14(18)19-13-11(3)7-6-8-12(13)15/h6-8H,4-5,9-10H2,1-3H3,(H,16,18). The maximum Gasteiger partial charge on any atom is 0.412 e. The van der Waals surface area contributed by atoms with E-state index in [2.05, 4.69) is 24.1 Å². The van der Waals surface area contributed by atoms with Gasteiger partial charge in [0.25, 0.3) is 0 Å². The third-order valence-electron chi connectivity index (χ3n) is 2.95. The van der Waals surface area contributed by atoms with Crippen LogP contribution in [0.15, 0.2) is 18.2 Å². The molecule has 1 aromatic carbocycles. The maximum atomic E-state index is 11.7. The molecule has 1 amide bonds. The van der Waals surface area contributed by atoms with Crippen molar-refractivity contribution in [1.82, 2.24) is 10.2 Å². The summed E-state index contributed by atoms with van der Waals surface area (Å²) in [6.45, 7) is 9.34. The fourth-order valence-corrected chi connectivity index (χ4v) is 1.99. The number of amides is 1. The Labute approximate surface area is 119 Å². The zero-order chi connectivity index (χ0) is 14.3. The van der Waals surface area contributed by atoms with Gasteiger partial charge in [-0.05, 0) is 31.6 Å². The lowest BCUT2D eigenvalue weighted by Gasteiger charge is -2.18. The quantitative estimate of drug-likeness (QED) is 0.873. The van der Waals surface area contributed by atoms with Crippen LogP contribution in [0.2, 0.25) is 5.02 Å². The molecule has 0 heterocycles. The molecule has 0 aromatic heterocycles. The first-order valence-corrected chi connectivity index (χ1v) is 6.89. The van der Waals surface area contributed by atoms with Crippen LogP contribution in [-0.4, -0.2) is 37.2 Å². The number of hydrogen-bond donors (Lipinski definition) is 1. The third kappa shape index (κ3) is 5.09. The molecular weight excluding hydrogens is 264 g/mol. The minimum atomic E-state index is -0.469. The molecule has 1 N–H and O–H groups in total. The third-order valence-corrected chi connectivity index (χ3v) is 3.25. The minimum Gasteiger partial charge on any atom is -0.408 e. The van der Waals surface area contributed by atoms with Gasteiger partial charge in [-0.1, -0.05) is 37.6 Å². The van der Waals surface area contributed by atoms with E-state index in [-0.39, 0.29) is 0 Å². The van der Waals surface area contributed by atoms with Gasteiger partial charge in [0.05, 0.1) is 5.02 Å². The van der Waals surface area contributed by atoms with Crippen LogP contribution in [-0.2, 0) is 0 Å². The van der Waals surface area contributed by atoms with E-state index < -0.39 is 6.09 Å². The summed E-state index contributed by atoms with van der Waals surface area (Å²) in [6.07, 6.45) is -0.469. The number of ether oxygens (including phenoxy) is 1. The van der Waals surface area contributed by atoms with Crippen LogP contribution in [0, 0.1) is 6.92 Å². The summed E-state index contributed by atoms with van der Waals surface area (Å²) in [5.74, 6) is 0.421. The SMILES string of the molecule is CCN(CC)CCNC(=O)Oc1c(C)cccc1Cl. The summed E-state index contributed by atoms with van der Waals surface area (Å²) in [4.78, 5) is 13.9. The van der Waals surface area contributed by atoms with Crippen molar-refractivity contribution in [3.05, 3.63) is 28.8 Å². The van der Waals surface area contributed by atoms with Gasteiger partial charge < -0.3 is 15.0 Å². The molecule has 0 aliphatic rings. The molecule has 106 valence electrons. The Morgan fingerprint density at radius 1 is 1.37 bits per heavy atom. The highest BCUT2D eigenvalue weighted by atomic mass is 35.5. The van der Waals surface area contributed by atoms with Crippen LogP contribution in [0.25, 0.3) is 0 Å². The number of para-hydroxylation sites is 1. The van der Waals surface area contributed by atoms with Crippen LogP contribution in [0.1, 0.15) is 19.4 Å². The average molecular weight is 285 g/mol. The Bertz CT molecular complexity index is 400. The van der Waals surface area contributed by atoms with Gasteiger partial charge in [0, 0.05) is 13.1 Å². The Hall–Kier alpha value is -1.26. The van der Waals surface area contributed by atoms with Crippen molar-refractivity contribution in [2.45, 2.75) is 20.8 Å². The van der Waals surface area contributed by atoms with E-state index in [4.69, 9.17) is 16.3 Å². The van der Waals surface area contributed by atoms with E-state index in [1.54, 1.807) is 6.07 Å². The molecule has 0 saturated carbocycles. The topological polar surface area (TPSA) is 41.6 Å². The van der Waals surface area contributed by atoms with Crippen LogP contribution in [0.5, 0.6) is 5.75 Å². The number of likely N-dealkylation sites (N-methyl/N-ethyl adjacent to an activating group) is 1. The van der Waals surface area contributed by atoms with E-state index in [1.807, 2.05) is 19.1 Å². The van der Waals surface area contributed by atoms with Crippen molar-refractivity contribution in [1.29, 1.82) is 0 Å². The number of carbonyl (C=O) groups is 1.